The maximum absolute atomic E-state index is 12.0. The van der Waals surface area contributed by atoms with E-state index in [4.69, 9.17) is 21.1 Å². The zero-order valence-electron chi connectivity index (χ0n) is 13.5. The predicted molar refractivity (Wildman–Crippen MR) is 86.2 cm³/mol. The summed E-state index contributed by atoms with van der Waals surface area (Å²) in [6, 6.07) is 0. The highest BCUT2D eigenvalue weighted by Gasteiger charge is 2.36. The third-order valence-electron chi connectivity index (χ3n) is 4.23. The van der Waals surface area contributed by atoms with Crippen LogP contribution in [0.4, 0.5) is 0 Å². The van der Waals surface area contributed by atoms with Gasteiger partial charge in [-0.25, -0.2) is 4.79 Å². The van der Waals surface area contributed by atoms with Gasteiger partial charge in [-0.3, -0.25) is 4.79 Å². The first-order valence-electron chi connectivity index (χ1n) is 7.23. The average Bonchev–Trinajstić information content (AvgIpc) is 2.90. The second-order valence-electron chi connectivity index (χ2n) is 5.55. The van der Waals surface area contributed by atoms with Crippen molar-refractivity contribution in [1.29, 1.82) is 0 Å². The Morgan fingerprint density at radius 3 is 2.70 bits per heavy atom. The van der Waals surface area contributed by atoms with Crippen molar-refractivity contribution in [3.8, 4) is 11.5 Å². The number of phenolic OH excluding ortho intramolecular Hbond substituents is 1. The Balaban J connectivity index is 2.74. The first kappa shape index (κ1) is 17.3. The van der Waals surface area contributed by atoms with Crippen molar-refractivity contribution in [2.45, 2.75) is 39.7 Å². The standard InChI is InChI=1S/C17H19ClO5/c1-5-8(2)6-10(16(18)20)12-14(19)13-11(7-23-17(13)21)9(3)15(12)22-4/h5,10,19H,6-7H2,1-4H3. The highest BCUT2D eigenvalue weighted by atomic mass is 35.5. The quantitative estimate of drug-likeness (QED) is 0.504. The molecule has 124 valence electrons. The molecule has 1 atom stereocenters. The molecule has 0 spiro atoms. The van der Waals surface area contributed by atoms with E-state index >= 15 is 0 Å². The number of carbonyl (C=O) groups excluding carboxylic acids is 2. The Morgan fingerprint density at radius 1 is 1.52 bits per heavy atom. The van der Waals surface area contributed by atoms with E-state index in [2.05, 4.69) is 0 Å². The number of allylic oxidation sites excluding steroid dienone is 2. The monoisotopic (exact) mass is 338 g/mol. The van der Waals surface area contributed by atoms with Crippen LogP contribution in [0.5, 0.6) is 11.5 Å². The molecule has 0 aliphatic carbocycles. The molecule has 1 aliphatic rings. The van der Waals surface area contributed by atoms with Gasteiger partial charge in [0.1, 0.15) is 23.7 Å². The fraction of sp³-hybridized carbons (Fsp3) is 0.412. The van der Waals surface area contributed by atoms with Crippen LogP contribution in [-0.2, 0) is 16.1 Å². The Hall–Kier alpha value is -2.01. The lowest BCUT2D eigenvalue weighted by atomic mass is 9.87. The normalized spacial score (nSPS) is 15.2. The van der Waals surface area contributed by atoms with Crippen molar-refractivity contribution in [3.05, 3.63) is 33.9 Å². The van der Waals surface area contributed by atoms with Crippen molar-refractivity contribution in [3.63, 3.8) is 0 Å². The number of aromatic hydroxyl groups is 1. The predicted octanol–water partition coefficient (Wildman–Crippen LogP) is 3.58. The third kappa shape index (κ3) is 2.93. The number of ether oxygens (including phenoxy) is 2. The molecule has 23 heavy (non-hydrogen) atoms. The highest BCUT2D eigenvalue weighted by Crippen LogP contribution is 2.47. The number of carbonyl (C=O) groups is 2. The lowest BCUT2D eigenvalue weighted by Crippen LogP contribution is -2.12. The number of rotatable bonds is 5. The Labute approximate surface area is 139 Å². The van der Waals surface area contributed by atoms with Crippen molar-refractivity contribution >= 4 is 22.8 Å². The molecule has 1 unspecified atom stereocenters. The molecule has 0 saturated carbocycles. The molecule has 0 fully saturated rings. The Kier molecular flexibility index (Phi) is 5.00. The molecule has 6 heteroatoms. The lowest BCUT2D eigenvalue weighted by Gasteiger charge is -2.21. The molecule has 0 radical (unpaired) electrons. The van der Waals surface area contributed by atoms with Crippen LogP contribution in [0.3, 0.4) is 0 Å². The van der Waals surface area contributed by atoms with Crippen LogP contribution < -0.4 is 4.74 Å². The van der Waals surface area contributed by atoms with Gasteiger partial charge in [0, 0.05) is 11.1 Å². The summed E-state index contributed by atoms with van der Waals surface area (Å²) in [5, 5.41) is 9.99. The summed E-state index contributed by atoms with van der Waals surface area (Å²) >= 11 is 5.77. The number of benzene rings is 1. The summed E-state index contributed by atoms with van der Waals surface area (Å²) in [6.07, 6.45) is 2.20. The zero-order valence-corrected chi connectivity index (χ0v) is 14.3. The largest absolute Gasteiger partial charge is 0.507 e. The molecular weight excluding hydrogens is 320 g/mol. The molecule has 2 rings (SSSR count). The van der Waals surface area contributed by atoms with Crippen LogP contribution >= 0.6 is 11.6 Å². The number of esters is 1. The number of halogens is 1. The molecule has 0 saturated heterocycles. The van der Waals surface area contributed by atoms with Gasteiger partial charge in [-0.05, 0) is 44.4 Å². The van der Waals surface area contributed by atoms with Crippen LogP contribution in [0.2, 0.25) is 0 Å². The first-order chi connectivity index (χ1) is 10.8. The second kappa shape index (κ2) is 6.62. The Bertz CT molecular complexity index is 706. The molecule has 0 bridgehead atoms. The fourth-order valence-electron chi connectivity index (χ4n) is 2.84. The number of hydrogen-bond acceptors (Lipinski definition) is 5. The van der Waals surface area contributed by atoms with E-state index in [1.54, 1.807) is 6.92 Å². The average molecular weight is 339 g/mol. The molecule has 1 aromatic carbocycles. The van der Waals surface area contributed by atoms with Crippen LogP contribution in [0.25, 0.3) is 0 Å². The SMILES string of the molecule is CC=C(C)CC(C(=O)Cl)c1c(O)c2c(c(C)c1OC)COC2=O. The summed E-state index contributed by atoms with van der Waals surface area (Å²) in [4.78, 5) is 23.9. The van der Waals surface area contributed by atoms with Gasteiger partial charge >= 0.3 is 5.97 Å². The minimum Gasteiger partial charge on any atom is -0.507 e. The van der Waals surface area contributed by atoms with Gasteiger partial charge in [-0.2, -0.15) is 0 Å². The number of phenols is 1. The van der Waals surface area contributed by atoms with E-state index < -0.39 is 17.1 Å². The molecule has 0 amide bonds. The molecule has 1 N–H and O–H groups in total. The zero-order chi connectivity index (χ0) is 17.3. The van der Waals surface area contributed by atoms with E-state index in [9.17, 15) is 14.7 Å². The summed E-state index contributed by atoms with van der Waals surface area (Å²) in [7, 11) is 1.45. The van der Waals surface area contributed by atoms with Crippen molar-refractivity contribution in [1.82, 2.24) is 0 Å². The van der Waals surface area contributed by atoms with Gasteiger partial charge in [0.25, 0.3) is 0 Å². The number of hydrogen-bond donors (Lipinski definition) is 1. The maximum atomic E-state index is 12.0. The van der Waals surface area contributed by atoms with E-state index in [-0.39, 0.29) is 23.5 Å². The third-order valence-corrected chi connectivity index (χ3v) is 4.49. The topological polar surface area (TPSA) is 72.8 Å². The molecular formula is C17H19ClO5. The molecule has 1 aromatic rings. The lowest BCUT2D eigenvalue weighted by molar-refractivity contribution is -0.113. The minimum atomic E-state index is -0.805. The van der Waals surface area contributed by atoms with Crippen LogP contribution in [0.15, 0.2) is 11.6 Å². The van der Waals surface area contributed by atoms with E-state index in [1.807, 2.05) is 19.9 Å². The number of methoxy groups -OCH3 is 1. The molecule has 5 nitrogen and oxygen atoms in total. The maximum Gasteiger partial charge on any atom is 0.342 e. The highest BCUT2D eigenvalue weighted by molar-refractivity contribution is 6.64. The number of fused-ring (bicyclic) bond motifs is 1. The second-order valence-corrected chi connectivity index (χ2v) is 5.92. The van der Waals surface area contributed by atoms with Crippen molar-refractivity contribution in [2.24, 2.45) is 0 Å². The van der Waals surface area contributed by atoms with Gasteiger partial charge in [0.15, 0.2) is 0 Å². The van der Waals surface area contributed by atoms with E-state index in [1.165, 1.54) is 7.11 Å². The first-order valence-corrected chi connectivity index (χ1v) is 7.61. The van der Waals surface area contributed by atoms with Gasteiger partial charge < -0.3 is 14.6 Å². The molecule has 1 heterocycles. The van der Waals surface area contributed by atoms with Gasteiger partial charge in [-0.15, -0.1) is 0 Å². The van der Waals surface area contributed by atoms with Gasteiger partial charge in [-0.1, -0.05) is 11.6 Å². The van der Waals surface area contributed by atoms with Gasteiger partial charge in [0.2, 0.25) is 5.24 Å². The molecule has 1 aliphatic heterocycles. The molecule has 0 aromatic heterocycles. The Morgan fingerprint density at radius 2 is 2.17 bits per heavy atom. The van der Waals surface area contributed by atoms with Gasteiger partial charge in [0.05, 0.1) is 13.0 Å². The van der Waals surface area contributed by atoms with Crippen molar-refractivity contribution in [2.75, 3.05) is 7.11 Å². The van der Waals surface area contributed by atoms with E-state index in [0.717, 1.165) is 5.57 Å². The van der Waals surface area contributed by atoms with Crippen LogP contribution in [0, 0.1) is 6.92 Å². The van der Waals surface area contributed by atoms with E-state index in [0.29, 0.717) is 23.3 Å². The van der Waals surface area contributed by atoms with Crippen LogP contribution in [0.1, 0.15) is 53.2 Å². The number of cyclic esters (lactones) is 1. The summed E-state index contributed by atoms with van der Waals surface area (Å²) in [6.45, 7) is 5.57. The van der Waals surface area contributed by atoms with Crippen molar-refractivity contribution < 1.29 is 24.2 Å². The van der Waals surface area contributed by atoms with Crippen LogP contribution in [-0.4, -0.2) is 23.4 Å². The summed E-state index contributed by atoms with van der Waals surface area (Å²) in [5.74, 6) is -1.33. The smallest absolute Gasteiger partial charge is 0.342 e. The minimum absolute atomic E-state index is 0.0809. The summed E-state index contributed by atoms with van der Waals surface area (Å²) in [5.41, 5.74) is 2.52. The fourth-order valence-corrected chi connectivity index (χ4v) is 3.03. The summed E-state index contributed by atoms with van der Waals surface area (Å²) < 4.78 is 10.4.